The number of fused-ring (bicyclic) bond motifs is 1. The fourth-order valence-corrected chi connectivity index (χ4v) is 5.50. The van der Waals surface area contributed by atoms with E-state index in [0.717, 1.165) is 47.4 Å². The number of nitrogens with two attached hydrogens (primary N) is 1. The number of ether oxygens (including phenoxy) is 1. The van der Waals surface area contributed by atoms with E-state index in [9.17, 15) is 9.59 Å². The van der Waals surface area contributed by atoms with Crippen molar-refractivity contribution < 1.29 is 14.3 Å². The molecule has 1 aliphatic carbocycles. The molecule has 3 N–H and O–H groups in total. The van der Waals surface area contributed by atoms with Gasteiger partial charge < -0.3 is 15.8 Å². The average molecular weight is 459 g/mol. The smallest absolute Gasteiger partial charge is 0.251 e. The molecule has 0 unspecified atom stereocenters. The first-order valence-corrected chi connectivity index (χ1v) is 11.6. The quantitative estimate of drug-likeness (QED) is 0.497. The molecule has 0 fully saturated rings. The first-order valence-electron chi connectivity index (χ1n) is 9.81. The van der Waals surface area contributed by atoms with Crippen molar-refractivity contribution in [3.8, 4) is 5.75 Å². The predicted molar refractivity (Wildman–Crippen MR) is 119 cm³/mol. The molecular formula is C20H22N6O3S2. The van der Waals surface area contributed by atoms with Gasteiger partial charge in [-0.1, -0.05) is 23.9 Å². The van der Waals surface area contributed by atoms with Crippen molar-refractivity contribution in [2.24, 2.45) is 5.73 Å². The van der Waals surface area contributed by atoms with E-state index in [1.807, 2.05) is 24.3 Å². The Morgan fingerprint density at radius 3 is 2.77 bits per heavy atom. The second-order valence-electron chi connectivity index (χ2n) is 7.08. The predicted octanol–water partition coefficient (Wildman–Crippen LogP) is 2.50. The van der Waals surface area contributed by atoms with Gasteiger partial charge in [0.2, 0.25) is 11.1 Å². The molecule has 162 valence electrons. The van der Waals surface area contributed by atoms with Crippen LogP contribution in [0, 0.1) is 0 Å². The van der Waals surface area contributed by atoms with Gasteiger partial charge in [0.15, 0.2) is 0 Å². The number of nitrogens with one attached hydrogen (secondary N) is 1. The van der Waals surface area contributed by atoms with Gasteiger partial charge in [-0.15, -0.1) is 16.4 Å². The molecule has 0 aliphatic heterocycles. The number of methoxy groups -OCH3 is 1. The van der Waals surface area contributed by atoms with E-state index < -0.39 is 5.91 Å². The monoisotopic (exact) mass is 458 g/mol. The van der Waals surface area contributed by atoms with Crippen LogP contribution < -0.4 is 15.8 Å². The summed E-state index contributed by atoms with van der Waals surface area (Å²) < 4.78 is 6.81. The number of aromatic nitrogens is 4. The van der Waals surface area contributed by atoms with Crippen molar-refractivity contribution in [1.29, 1.82) is 0 Å². The first-order chi connectivity index (χ1) is 15.0. The molecule has 2 aromatic heterocycles. The summed E-state index contributed by atoms with van der Waals surface area (Å²) in [5.41, 5.74) is 8.06. The van der Waals surface area contributed by atoms with E-state index in [0.29, 0.717) is 22.3 Å². The molecule has 4 rings (SSSR count). The summed E-state index contributed by atoms with van der Waals surface area (Å²) in [5.74, 6) is 0.164. The maximum atomic E-state index is 12.6. The number of primary amides is 1. The van der Waals surface area contributed by atoms with Gasteiger partial charge in [-0.05, 0) is 59.4 Å². The molecule has 3 aromatic rings. The summed E-state index contributed by atoms with van der Waals surface area (Å²) in [4.78, 5) is 25.7. The molecule has 0 saturated carbocycles. The van der Waals surface area contributed by atoms with E-state index in [-0.39, 0.29) is 11.7 Å². The van der Waals surface area contributed by atoms with Crippen molar-refractivity contribution in [2.45, 2.75) is 37.4 Å². The molecule has 31 heavy (non-hydrogen) atoms. The van der Waals surface area contributed by atoms with E-state index >= 15 is 0 Å². The number of benzene rings is 1. The molecule has 9 nitrogen and oxygen atoms in total. The second kappa shape index (κ2) is 9.48. The van der Waals surface area contributed by atoms with Crippen LogP contribution >= 0.6 is 23.1 Å². The standard InChI is InChI=1S/C20H22N6O3S2/c1-29-13-8-6-12(7-9-13)10-26-20(23-24-25-26)30-11-16(27)22-19-17(18(21)28)14-4-2-3-5-15(14)31-19/h6-9H,2-5,10-11H2,1H3,(H2,21,28)(H,22,27). The lowest BCUT2D eigenvalue weighted by atomic mass is 9.95. The number of hydrogen-bond acceptors (Lipinski definition) is 8. The summed E-state index contributed by atoms with van der Waals surface area (Å²) in [5, 5.41) is 15.7. The van der Waals surface area contributed by atoms with Crippen LogP contribution in [0.3, 0.4) is 0 Å². The number of thiophene rings is 1. The summed E-state index contributed by atoms with van der Waals surface area (Å²) in [6.45, 7) is 0.477. The number of amides is 2. The van der Waals surface area contributed by atoms with Gasteiger partial charge in [0, 0.05) is 4.88 Å². The van der Waals surface area contributed by atoms with Crippen molar-refractivity contribution in [2.75, 3.05) is 18.2 Å². The maximum Gasteiger partial charge on any atom is 0.251 e. The summed E-state index contributed by atoms with van der Waals surface area (Å²) in [6, 6.07) is 7.62. The van der Waals surface area contributed by atoms with Crippen molar-refractivity contribution in [3.63, 3.8) is 0 Å². The highest BCUT2D eigenvalue weighted by Crippen LogP contribution is 2.38. The normalized spacial score (nSPS) is 12.9. The number of rotatable bonds is 8. The molecule has 1 aliphatic rings. The molecule has 0 radical (unpaired) electrons. The minimum atomic E-state index is -0.495. The molecule has 0 saturated heterocycles. The molecule has 0 atom stereocenters. The molecule has 2 heterocycles. The largest absolute Gasteiger partial charge is 0.497 e. The van der Waals surface area contributed by atoms with Crippen LogP contribution in [0.1, 0.15) is 39.2 Å². The van der Waals surface area contributed by atoms with E-state index in [2.05, 4.69) is 20.8 Å². The third kappa shape index (κ3) is 4.88. The first kappa shape index (κ1) is 21.3. The fourth-order valence-electron chi connectivity index (χ4n) is 3.51. The van der Waals surface area contributed by atoms with Crippen LogP contribution in [0.15, 0.2) is 29.4 Å². The van der Waals surface area contributed by atoms with Crippen LogP contribution in [-0.4, -0.2) is 44.9 Å². The van der Waals surface area contributed by atoms with Gasteiger partial charge in [-0.25, -0.2) is 4.68 Å². The van der Waals surface area contributed by atoms with E-state index in [4.69, 9.17) is 10.5 Å². The Labute approximate surface area is 187 Å². The molecule has 11 heteroatoms. The highest BCUT2D eigenvalue weighted by Gasteiger charge is 2.25. The SMILES string of the molecule is COc1ccc(Cn2nnnc2SCC(=O)Nc2sc3c(c2C(N)=O)CCCC3)cc1. The zero-order valence-corrected chi connectivity index (χ0v) is 18.6. The number of nitrogens with zero attached hydrogens (tertiary/aromatic N) is 4. The lowest BCUT2D eigenvalue weighted by Crippen LogP contribution is -2.19. The van der Waals surface area contributed by atoms with Gasteiger partial charge in [0.25, 0.3) is 5.91 Å². The Hall–Kier alpha value is -2.92. The van der Waals surface area contributed by atoms with Crippen LogP contribution in [0.25, 0.3) is 0 Å². The second-order valence-corrected chi connectivity index (χ2v) is 9.13. The molecule has 1 aromatic carbocycles. The summed E-state index contributed by atoms with van der Waals surface area (Å²) in [6.07, 6.45) is 3.87. The highest BCUT2D eigenvalue weighted by atomic mass is 32.2. The Kier molecular flexibility index (Phi) is 6.52. The van der Waals surface area contributed by atoms with Crippen LogP contribution in [0.2, 0.25) is 0 Å². The Bertz CT molecular complexity index is 1090. The fraction of sp³-hybridized carbons (Fsp3) is 0.350. The molecule has 0 spiro atoms. The number of aryl methyl sites for hydroxylation is 1. The van der Waals surface area contributed by atoms with Crippen molar-refractivity contribution in [3.05, 3.63) is 45.8 Å². The number of carbonyl (C=O) groups is 2. The minimum absolute atomic E-state index is 0.115. The summed E-state index contributed by atoms with van der Waals surface area (Å²) >= 11 is 2.69. The topological polar surface area (TPSA) is 125 Å². The third-order valence-electron chi connectivity index (χ3n) is 4.99. The summed E-state index contributed by atoms with van der Waals surface area (Å²) in [7, 11) is 1.62. The van der Waals surface area contributed by atoms with Crippen molar-refractivity contribution >= 4 is 39.9 Å². The minimum Gasteiger partial charge on any atom is -0.497 e. The Balaban J connectivity index is 1.39. The van der Waals surface area contributed by atoms with Crippen LogP contribution in [0.5, 0.6) is 5.75 Å². The van der Waals surface area contributed by atoms with E-state index in [1.165, 1.54) is 23.1 Å². The lowest BCUT2D eigenvalue weighted by molar-refractivity contribution is -0.113. The van der Waals surface area contributed by atoms with Gasteiger partial charge in [0.05, 0.1) is 25.0 Å². The number of carbonyl (C=O) groups excluding carboxylic acids is 2. The zero-order valence-electron chi connectivity index (χ0n) is 17.0. The molecule has 2 amide bonds. The van der Waals surface area contributed by atoms with Gasteiger partial charge in [-0.3, -0.25) is 9.59 Å². The molecule has 0 bridgehead atoms. The number of tetrazole rings is 1. The zero-order chi connectivity index (χ0) is 21.8. The molecular weight excluding hydrogens is 436 g/mol. The van der Waals surface area contributed by atoms with Gasteiger partial charge in [-0.2, -0.15) is 0 Å². The third-order valence-corrected chi connectivity index (χ3v) is 7.16. The highest BCUT2D eigenvalue weighted by molar-refractivity contribution is 7.99. The maximum absolute atomic E-state index is 12.6. The number of hydrogen-bond donors (Lipinski definition) is 2. The number of thioether (sulfide) groups is 1. The Morgan fingerprint density at radius 1 is 1.26 bits per heavy atom. The number of anilines is 1. The van der Waals surface area contributed by atoms with E-state index in [1.54, 1.807) is 11.8 Å². The lowest BCUT2D eigenvalue weighted by Gasteiger charge is -2.11. The van der Waals surface area contributed by atoms with Gasteiger partial charge in [0.1, 0.15) is 10.8 Å². The average Bonchev–Trinajstić information content (AvgIpc) is 3.36. The van der Waals surface area contributed by atoms with Gasteiger partial charge >= 0.3 is 0 Å². The van der Waals surface area contributed by atoms with Crippen LogP contribution in [0.4, 0.5) is 5.00 Å². The van der Waals surface area contributed by atoms with Crippen molar-refractivity contribution in [1.82, 2.24) is 20.2 Å². The Morgan fingerprint density at radius 2 is 2.03 bits per heavy atom. The van der Waals surface area contributed by atoms with Crippen LogP contribution in [-0.2, 0) is 24.2 Å².